The van der Waals surface area contributed by atoms with E-state index in [1.807, 2.05) is 0 Å². The number of nitrogens with one attached hydrogen (secondary N) is 1. The van der Waals surface area contributed by atoms with Crippen molar-refractivity contribution in [2.75, 3.05) is 13.2 Å². The standard InChI is InChI=1S/C16H31NO2/c1-12(2)17-16(10-18,14-6-7-14)11-19-15-8-4-13(3)5-9-15/h12-15,17-18H,4-11H2,1-3H3. The van der Waals surface area contributed by atoms with E-state index in [1.165, 1.54) is 38.5 Å². The average molecular weight is 269 g/mol. The van der Waals surface area contributed by atoms with Gasteiger partial charge in [0.2, 0.25) is 0 Å². The Labute approximate surface area is 118 Å². The van der Waals surface area contributed by atoms with Crippen molar-refractivity contribution in [1.82, 2.24) is 5.32 Å². The van der Waals surface area contributed by atoms with Gasteiger partial charge in [-0.15, -0.1) is 0 Å². The van der Waals surface area contributed by atoms with Crippen LogP contribution in [0.2, 0.25) is 0 Å². The van der Waals surface area contributed by atoms with Crippen LogP contribution >= 0.6 is 0 Å². The molecule has 0 aliphatic heterocycles. The second kappa shape index (κ2) is 6.55. The fraction of sp³-hybridized carbons (Fsp3) is 1.00. The molecular weight excluding hydrogens is 238 g/mol. The van der Waals surface area contributed by atoms with Crippen LogP contribution in [0, 0.1) is 11.8 Å². The molecule has 2 N–H and O–H groups in total. The second-order valence-electron chi connectivity index (χ2n) is 7.08. The summed E-state index contributed by atoms with van der Waals surface area (Å²) >= 11 is 0. The van der Waals surface area contributed by atoms with Crippen LogP contribution < -0.4 is 5.32 Å². The molecule has 2 rings (SSSR count). The quantitative estimate of drug-likeness (QED) is 0.746. The minimum Gasteiger partial charge on any atom is -0.394 e. The smallest absolute Gasteiger partial charge is 0.0681 e. The molecule has 0 bridgehead atoms. The predicted molar refractivity (Wildman–Crippen MR) is 78.2 cm³/mol. The lowest BCUT2D eigenvalue weighted by molar-refractivity contribution is -0.0382. The first kappa shape index (κ1) is 15.3. The average Bonchev–Trinajstić information content (AvgIpc) is 3.20. The monoisotopic (exact) mass is 269 g/mol. The highest BCUT2D eigenvalue weighted by Crippen LogP contribution is 2.40. The fourth-order valence-electron chi connectivity index (χ4n) is 3.37. The van der Waals surface area contributed by atoms with Gasteiger partial charge >= 0.3 is 0 Å². The number of hydrogen-bond acceptors (Lipinski definition) is 3. The largest absolute Gasteiger partial charge is 0.394 e. The van der Waals surface area contributed by atoms with Crippen molar-refractivity contribution in [1.29, 1.82) is 0 Å². The summed E-state index contributed by atoms with van der Waals surface area (Å²) in [6, 6.07) is 0.391. The number of aliphatic hydroxyl groups excluding tert-OH is 1. The first-order valence-corrected chi connectivity index (χ1v) is 8.06. The summed E-state index contributed by atoms with van der Waals surface area (Å²) in [5, 5.41) is 13.4. The normalized spacial score (nSPS) is 31.4. The van der Waals surface area contributed by atoms with Crippen LogP contribution in [0.1, 0.15) is 59.3 Å². The van der Waals surface area contributed by atoms with Crippen LogP contribution in [0.5, 0.6) is 0 Å². The van der Waals surface area contributed by atoms with Gasteiger partial charge in [-0.2, -0.15) is 0 Å². The van der Waals surface area contributed by atoms with Crippen LogP contribution in [0.4, 0.5) is 0 Å². The lowest BCUT2D eigenvalue weighted by Crippen LogP contribution is -2.57. The summed E-state index contributed by atoms with van der Waals surface area (Å²) in [5.41, 5.74) is -0.197. The maximum Gasteiger partial charge on any atom is 0.0681 e. The van der Waals surface area contributed by atoms with Gasteiger partial charge in [-0.3, -0.25) is 0 Å². The molecular formula is C16H31NO2. The molecule has 0 aromatic heterocycles. The van der Waals surface area contributed by atoms with E-state index < -0.39 is 0 Å². The van der Waals surface area contributed by atoms with E-state index in [1.54, 1.807) is 0 Å². The SMILES string of the molecule is CC1CCC(OCC(CO)(NC(C)C)C2CC2)CC1. The Morgan fingerprint density at radius 1 is 1.16 bits per heavy atom. The fourth-order valence-corrected chi connectivity index (χ4v) is 3.37. The Morgan fingerprint density at radius 3 is 2.26 bits per heavy atom. The molecule has 112 valence electrons. The van der Waals surface area contributed by atoms with Gasteiger partial charge in [0.15, 0.2) is 0 Å². The molecule has 3 heteroatoms. The van der Waals surface area contributed by atoms with Crippen LogP contribution in [-0.2, 0) is 4.74 Å². The summed E-state index contributed by atoms with van der Waals surface area (Å²) < 4.78 is 6.17. The van der Waals surface area contributed by atoms with E-state index in [4.69, 9.17) is 4.74 Å². The van der Waals surface area contributed by atoms with Crippen molar-refractivity contribution in [2.45, 2.75) is 77.0 Å². The van der Waals surface area contributed by atoms with E-state index in [0.717, 1.165) is 5.92 Å². The molecule has 2 saturated carbocycles. The molecule has 0 radical (unpaired) electrons. The summed E-state index contributed by atoms with van der Waals surface area (Å²) in [6.07, 6.45) is 7.82. The second-order valence-corrected chi connectivity index (χ2v) is 7.08. The van der Waals surface area contributed by atoms with E-state index in [9.17, 15) is 5.11 Å². The minimum atomic E-state index is -0.197. The van der Waals surface area contributed by atoms with Crippen molar-refractivity contribution >= 4 is 0 Å². The maximum atomic E-state index is 9.86. The highest BCUT2D eigenvalue weighted by atomic mass is 16.5. The van der Waals surface area contributed by atoms with Crippen LogP contribution in [0.3, 0.4) is 0 Å². The summed E-state index contributed by atoms with van der Waals surface area (Å²) in [7, 11) is 0. The van der Waals surface area contributed by atoms with Crippen molar-refractivity contribution in [3.63, 3.8) is 0 Å². The topological polar surface area (TPSA) is 41.5 Å². The number of hydrogen-bond donors (Lipinski definition) is 2. The first-order chi connectivity index (χ1) is 9.05. The molecule has 0 amide bonds. The number of ether oxygens (including phenoxy) is 1. The van der Waals surface area contributed by atoms with E-state index in [0.29, 0.717) is 24.7 Å². The first-order valence-electron chi connectivity index (χ1n) is 8.06. The van der Waals surface area contributed by atoms with E-state index in [2.05, 4.69) is 26.1 Å². The lowest BCUT2D eigenvalue weighted by atomic mass is 9.88. The molecule has 3 nitrogen and oxygen atoms in total. The van der Waals surface area contributed by atoms with Crippen LogP contribution in [0.15, 0.2) is 0 Å². The van der Waals surface area contributed by atoms with Gasteiger partial charge < -0.3 is 15.2 Å². The molecule has 0 heterocycles. The molecule has 1 atom stereocenters. The van der Waals surface area contributed by atoms with E-state index in [-0.39, 0.29) is 12.1 Å². The highest BCUT2D eigenvalue weighted by molar-refractivity contribution is 5.02. The maximum absolute atomic E-state index is 9.86. The van der Waals surface area contributed by atoms with Crippen molar-refractivity contribution in [2.24, 2.45) is 11.8 Å². The molecule has 2 fully saturated rings. The van der Waals surface area contributed by atoms with Crippen molar-refractivity contribution < 1.29 is 9.84 Å². The molecule has 0 aromatic carbocycles. The lowest BCUT2D eigenvalue weighted by Gasteiger charge is -2.37. The Balaban J connectivity index is 1.85. The zero-order valence-corrected chi connectivity index (χ0v) is 12.8. The number of aliphatic hydroxyl groups is 1. The third-order valence-corrected chi connectivity index (χ3v) is 4.76. The van der Waals surface area contributed by atoms with Crippen molar-refractivity contribution in [3.05, 3.63) is 0 Å². The van der Waals surface area contributed by atoms with E-state index >= 15 is 0 Å². The van der Waals surface area contributed by atoms with Crippen LogP contribution in [-0.4, -0.2) is 36.0 Å². The van der Waals surface area contributed by atoms with Gasteiger partial charge in [-0.1, -0.05) is 20.8 Å². The molecule has 2 aliphatic rings. The third kappa shape index (κ3) is 4.17. The summed E-state index contributed by atoms with van der Waals surface area (Å²) in [5.74, 6) is 1.46. The Kier molecular flexibility index (Phi) is 5.27. The van der Waals surface area contributed by atoms with Crippen LogP contribution in [0.25, 0.3) is 0 Å². The molecule has 19 heavy (non-hydrogen) atoms. The van der Waals surface area contributed by atoms with Crippen molar-refractivity contribution in [3.8, 4) is 0 Å². The molecule has 0 spiro atoms. The van der Waals surface area contributed by atoms with Gasteiger partial charge in [0.25, 0.3) is 0 Å². The molecule has 0 saturated heterocycles. The number of rotatable bonds is 7. The molecule has 0 aromatic rings. The molecule has 2 aliphatic carbocycles. The molecule has 1 unspecified atom stereocenters. The van der Waals surface area contributed by atoms with Gasteiger partial charge in [0.05, 0.1) is 24.9 Å². The zero-order chi connectivity index (χ0) is 13.9. The summed E-state index contributed by atoms with van der Waals surface area (Å²) in [6.45, 7) is 7.49. The summed E-state index contributed by atoms with van der Waals surface area (Å²) in [4.78, 5) is 0. The Bertz CT molecular complexity index is 270. The Morgan fingerprint density at radius 2 is 1.79 bits per heavy atom. The van der Waals surface area contributed by atoms with Gasteiger partial charge in [0, 0.05) is 6.04 Å². The van der Waals surface area contributed by atoms with Gasteiger partial charge in [-0.05, 0) is 50.4 Å². The van der Waals surface area contributed by atoms with Gasteiger partial charge in [0.1, 0.15) is 0 Å². The van der Waals surface area contributed by atoms with Gasteiger partial charge in [-0.25, -0.2) is 0 Å². The zero-order valence-electron chi connectivity index (χ0n) is 12.8. The highest BCUT2D eigenvalue weighted by Gasteiger charge is 2.45. The predicted octanol–water partition coefficient (Wildman–Crippen LogP) is 2.72. The minimum absolute atomic E-state index is 0.193. The Hall–Kier alpha value is -0.120. The third-order valence-electron chi connectivity index (χ3n) is 4.76.